The van der Waals surface area contributed by atoms with Crippen molar-refractivity contribution < 1.29 is 4.79 Å². The molecule has 0 amide bonds. The molecular formula is C16H17N7O2. The second-order valence-electron chi connectivity index (χ2n) is 5.59. The smallest absolute Gasteiger partial charge is 0.271 e. The Bertz CT molecular complexity index is 976. The van der Waals surface area contributed by atoms with Crippen LogP contribution in [0.1, 0.15) is 21.9 Å². The monoisotopic (exact) mass is 339 g/mol. The number of rotatable bonds is 5. The van der Waals surface area contributed by atoms with Gasteiger partial charge in [-0.1, -0.05) is 18.2 Å². The fourth-order valence-electron chi connectivity index (χ4n) is 2.41. The minimum atomic E-state index is -0.282. The van der Waals surface area contributed by atoms with E-state index in [4.69, 9.17) is 0 Å². The molecule has 0 fully saturated rings. The topological polar surface area (TPSA) is 108 Å². The number of anilines is 2. The van der Waals surface area contributed by atoms with Crippen molar-refractivity contribution in [3.63, 3.8) is 0 Å². The molecule has 9 nitrogen and oxygen atoms in total. The number of hydrogen-bond acceptors (Lipinski definition) is 7. The first-order valence-electron chi connectivity index (χ1n) is 7.61. The Morgan fingerprint density at radius 3 is 2.52 bits per heavy atom. The first-order valence-corrected chi connectivity index (χ1v) is 7.61. The molecule has 0 aliphatic carbocycles. The molecule has 3 rings (SSSR count). The lowest BCUT2D eigenvalue weighted by Gasteiger charge is -2.14. The predicted octanol–water partition coefficient (Wildman–Crippen LogP) is 0.781. The molecule has 3 aromatic rings. The summed E-state index contributed by atoms with van der Waals surface area (Å²) in [6, 6.07) is 9.29. The van der Waals surface area contributed by atoms with Crippen LogP contribution in [0, 0.1) is 6.92 Å². The fraction of sp³-hybridized carbons (Fsp3) is 0.250. The van der Waals surface area contributed by atoms with Crippen LogP contribution in [-0.4, -0.2) is 35.8 Å². The van der Waals surface area contributed by atoms with Crippen LogP contribution in [0.15, 0.2) is 35.1 Å². The second kappa shape index (κ2) is 6.63. The van der Waals surface area contributed by atoms with Gasteiger partial charge in [-0.25, -0.2) is 9.36 Å². The molecule has 25 heavy (non-hydrogen) atoms. The van der Waals surface area contributed by atoms with Gasteiger partial charge in [0.15, 0.2) is 17.3 Å². The number of carbonyl (C=O) groups is 1. The first-order chi connectivity index (χ1) is 12.0. The Labute approximate surface area is 143 Å². The van der Waals surface area contributed by atoms with E-state index < -0.39 is 0 Å². The van der Waals surface area contributed by atoms with E-state index >= 15 is 0 Å². The summed E-state index contributed by atoms with van der Waals surface area (Å²) in [5, 5.41) is 18.3. The van der Waals surface area contributed by atoms with E-state index in [1.807, 2.05) is 30.3 Å². The van der Waals surface area contributed by atoms with Crippen molar-refractivity contribution in [2.75, 3.05) is 5.32 Å². The van der Waals surface area contributed by atoms with Crippen molar-refractivity contribution in [3.05, 3.63) is 57.8 Å². The number of nitrogens with zero attached hydrogens (tertiary/aromatic N) is 6. The Morgan fingerprint density at radius 2 is 1.88 bits per heavy atom. The summed E-state index contributed by atoms with van der Waals surface area (Å²) >= 11 is 0. The SMILES string of the molecule is Cc1c(Nc2ccccc2)c(C(=O)Cc2nnnn2C)nn(C)c1=O. The van der Waals surface area contributed by atoms with Crippen LogP contribution in [0.4, 0.5) is 11.4 Å². The minimum absolute atomic E-state index is 0.0163. The van der Waals surface area contributed by atoms with Gasteiger partial charge in [0, 0.05) is 25.3 Å². The highest BCUT2D eigenvalue weighted by Crippen LogP contribution is 2.22. The summed E-state index contributed by atoms with van der Waals surface area (Å²) in [5.41, 5.74) is 1.48. The highest BCUT2D eigenvalue weighted by molar-refractivity contribution is 6.01. The highest BCUT2D eigenvalue weighted by Gasteiger charge is 2.21. The van der Waals surface area contributed by atoms with E-state index in [0.717, 1.165) is 10.4 Å². The standard InChI is InChI=1S/C16H17N7O2/c1-10-14(17-11-7-5-4-6-8-11)15(19-23(3)16(10)25)12(24)9-13-18-20-21-22(13)2/h4-8,17H,9H2,1-3H3. The van der Waals surface area contributed by atoms with Gasteiger partial charge in [-0.15, -0.1) is 5.10 Å². The lowest BCUT2D eigenvalue weighted by molar-refractivity contribution is 0.0983. The van der Waals surface area contributed by atoms with Gasteiger partial charge >= 0.3 is 0 Å². The largest absolute Gasteiger partial charge is 0.353 e. The van der Waals surface area contributed by atoms with Crippen LogP contribution in [0.5, 0.6) is 0 Å². The van der Waals surface area contributed by atoms with Gasteiger partial charge in [-0.2, -0.15) is 5.10 Å². The van der Waals surface area contributed by atoms with Crippen molar-refractivity contribution in [2.24, 2.45) is 14.1 Å². The highest BCUT2D eigenvalue weighted by atomic mass is 16.1. The number of Topliss-reactive ketones (excluding diaryl/α,β-unsaturated/α-hetero) is 1. The average Bonchev–Trinajstić information content (AvgIpc) is 3.01. The van der Waals surface area contributed by atoms with Crippen LogP contribution in [0.25, 0.3) is 0 Å². The molecule has 0 radical (unpaired) electrons. The third kappa shape index (κ3) is 3.30. The Kier molecular flexibility index (Phi) is 4.38. The molecule has 0 unspecified atom stereocenters. The van der Waals surface area contributed by atoms with Crippen molar-refractivity contribution in [1.82, 2.24) is 30.0 Å². The zero-order valence-corrected chi connectivity index (χ0v) is 14.1. The average molecular weight is 339 g/mol. The van der Waals surface area contributed by atoms with E-state index in [0.29, 0.717) is 17.1 Å². The zero-order valence-electron chi connectivity index (χ0n) is 14.1. The number of ketones is 1. The van der Waals surface area contributed by atoms with E-state index in [1.165, 1.54) is 11.7 Å². The van der Waals surface area contributed by atoms with Gasteiger partial charge in [0.25, 0.3) is 5.56 Å². The van der Waals surface area contributed by atoms with Crippen molar-refractivity contribution >= 4 is 17.2 Å². The van der Waals surface area contributed by atoms with Gasteiger partial charge in [-0.05, 0) is 29.5 Å². The van der Waals surface area contributed by atoms with Crippen LogP contribution in [0.2, 0.25) is 0 Å². The number of para-hydroxylation sites is 1. The molecule has 0 aliphatic heterocycles. The Balaban J connectivity index is 2.04. The third-order valence-electron chi connectivity index (χ3n) is 3.81. The maximum Gasteiger partial charge on any atom is 0.271 e. The summed E-state index contributed by atoms with van der Waals surface area (Å²) in [4.78, 5) is 25.0. The Hall–Kier alpha value is -3.36. The van der Waals surface area contributed by atoms with Crippen LogP contribution >= 0.6 is 0 Å². The van der Waals surface area contributed by atoms with Crippen LogP contribution < -0.4 is 10.9 Å². The van der Waals surface area contributed by atoms with Crippen LogP contribution in [-0.2, 0) is 20.5 Å². The van der Waals surface area contributed by atoms with Gasteiger partial charge < -0.3 is 5.32 Å². The number of hydrogen-bond donors (Lipinski definition) is 1. The lowest BCUT2D eigenvalue weighted by Crippen LogP contribution is -2.27. The summed E-state index contributed by atoms with van der Waals surface area (Å²) < 4.78 is 2.59. The molecule has 2 aromatic heterocycles. The minimum Gasteiger partial charge on any atom is -0.353 e. The molecule has 0 atom stereocenters. The number of carbonyl (C=O) groups excluding carboxylic acids is 1. The molecule has 0 spiro atoms. The number of nitrogens with one attached hydrogen (secondary N) is 1. The maximum atomic E-state index is 12.8. The maximum absolute atomic E-state index is 12.8. The van der Waals surface area contributed by atoms with Gasteiger partial charge in [0.1, 0.15) is 0 Å². The third-order valence-corrected chi connectivity index (χ3v) is 3.81. The van der Waals surface area contributed by atoms with Gasteiger partial charge in [0.2, 0.25) is 0 Å². The second-order valence-corrected chi connectivity index (χ2v) is 5.59. The molecule has 0 aliphatic rings. The molecule has 0 bridgehead atoms. The molecular weight excluding hydrogens is 322 g/mol. The molecule has 0 saturated heterocycles. The lowest BCUT2D eigenvalue weighted by atomic mass is 10.1. The predicted molar refractivity (Wildman–Crippen MR) is 90.8 cm³/mol. The van der Waals surface area contributed by atoms with E-state index in [2.05, 4.69) is 25.9 Å². The molecule has 128 valence electrons. The summed E-state index contributed by atoms with van der Waals surface area (Å²) in [7, 11) is 3.17. The van der Waals surface area contributed by atoms with E-state index in [-0.39, 0.29) is 23.5 Å². The zero-order chi connectivity index (χ0) is 18.0. The number of tetrazole rings is 1. The molecule has 9 heteroatoms. The number of aryl methyl sites for hydroxylation is 2. The van der Waals surface area contributed by atoms with Crippen molar-refractivity contribution in [2.45, 2.75) is 13.3 Å². The quantitative estimate of drug-likeness (QED) is 0.684. The molecule has 0 saturated carbocycles. The van der Waals surface area contributed by atoms with Crippen LogP contribution in [0.3, 0.4) is 0 Å². The fourth-order valence-corrected chi connectivity index (χ4v) is 2.41. The van der Waals surface area contributed by atoms with Gasteiger partial charge in [-0.3, -0.25) is 9.59 Å². The van der Waals surface area contributed by atoms with E-state index in [1.54, 1.807) is 14.0 Å². The molecule has 2 heterocycles. The van der Waals surface area contributed by atoms with Gasteiger partial charge in [0.05, 0.1) is 12.1 Å². The summed E-state index contributed by atoms with van der Waals surface area (Å²) in [5.74, 6) is 0.138. The normalized spacial score (nSPS) is 10.7. The number of aromatic nitrogens is 6. The molecule has 1 N–H and O–H groups in total. The summed E-state index contributed by atoms with van der Waals surface area (Å²) in [6.07, 6.45) is -0.0163. The number of benzene rings is 1. The first kappa shape index (κ1) is 16.5. The van der Waals surface area contributed by atoms with Crippen molar-refractivity contribution in [1.29, 1.82) is 0 Å². The molecule has 1 aromatic carbocycles. The van der Waals surface area contributed by atoms with Crippen molar-refractivity contribution in [3.8, 4) is 0 Å². The van der Waals surface area contributed by atoms with E-state index in [9.17, 15) is 9.59 Å². The summed E-state index contributed by atoms with van der Waals surface area (Å²) in [6.45, 7) is 1.66. The Morgan fingerprint density at radius 1 is 1.16 bits per heavy atom.